The second kappa shape index (κ2) is 17.3. The molecule has 0 saturated carbocycles. The molecule has 7 heteroatoms. The number of ketones is 1. The van der Waals surface area contributed by atoms with Gasteiger partial charge in [-0.15, -0.1) is 6.58 Å². The van der Waals surface area contributed by atoms with Crippen molar-refractivity contribution < 1.29 is 28.3 Å². The molecule has 1 unspecified atom stereocenters. The van der Waals surface area contributed by atoms with Gasteiger partial charge in [0.05, 0.1) is 0 Å². The maximum atomic E-state index is 12.1. The Morgan fingerprint density at radius 1 is 1.15 bits per heavy atom. The lowest BCUT2D eigenvalue weighted by molar-refractivity contribution is -0.142. The summed E-state index contributed by atoms with van der Waals surface area (Å²) in [5.74, 6) is -4.55. The van der Waals surface area contributed by atoms with Crippen LogP contribution >= 0.6 is 0 Å². The van der Waals surface area contributed by atoms with Crippen LogP contribution in [0.15, 0.2) is 43.0 Å². The lowest BCUT2D eigenvalue weighted by Gasteiger charge is -2.08. The highest BCUT2D eigenvalue weighted by molar-refractivity contribution is 6.04. The third kappa shape index (κ3) is 13.8. The number of alkyl halides is 2. The van der Waals surface area contributed by atoms with Gasteiger partial charge in [-0.1, -0.05) is 56.2 Å². The van der Waals surface area contributed by atoms with Crippen LogP contribution in [0.1, 0.15) is 44.1 Å². The van der Waals surface area contributed by atoms with Crippen LogP contribution in [0.3, 0.4) is 0 Å². The monoisotopic (exact) mass is 371 g/mol. The van der Waals surface area contributed by atoms with Crippen molar-refractivity contribution in [2.75, 3.05) is 13.3 Å². The van der Waals surface area contributed by atoms with Gasteiger partial charge in [-0.3, -0.25) is 14.4 Å². The smallest absolute Gasteiger partial charge is 0.318 e. The van der Waals surface area contributed by atoms with Crippen molar-refractivity contribution >= 4 is 17.7 Å². The van der Waals surface area contributed by atoms with E-state index in [-0.39, 0.29) is 0 Å². The van der Waals surface area contributed by atoms with E-state index in [1.165, 1.54) is 37.8 Å². The van der Waals surface area contributed by atoms with Gasteiger partial charge in [0.15, 0.2) is 12.5 Å². The summed E-state index contributed by atoms with van der Waals surface area (Å²) in [7, 11) is 0. The van der Waals surface area contributed by atoms with E-state index in [0.29, 0.717) is 5.56 Å². The maximum Gasteiger partial charge on any atom is 0.318 e. The topological polar surface area (TPSA) is 97.5 Å². The molecule has 0 fully saturated rings. The molecule has 1 aromatic rings. The Hall–Kier alpha value is -2.57. The van der Waals surface area contributed by atoms with E-state index in [4.69, 9.17) is 5.11 Å². The predicted octanol–water partition coefficient (Wildman–Crippen LogP) is 3.59. The number of benzene rings is 1. The summed E-state index contributed by atoms with van der Waals surface area (Å²) in [5.41, 5.74) is 4.59. The van der Waals surface area contributed by atoms with Crippen LogP contribution in [0.4, 0.5) is 8.78 Å². The van der Waals surface area contributed by atoms with E-state index in [1.54, 1.807) is 18.2 Å². The number of carbonyl (C=O) groups is 3. The van der Waals surface area contributed by atoms with Crippen molar-refractivity contribution in [3.63, 3.8) is 0 Å². The van der Waals surface area contributed by atoms with Crippen molar-refractivity contribution in [1.82, 2.24) is 0 Å². The fraction of sp³-hybridized carbons (Fsp3) is 0.421. The third-order valence-electron chi connectivity index (χ3n) is 2.98. The second-order valence-corrected chi connectivity index (χ2v) is 5.17. The molecule has 0 aliphatic carbocycles. The molecule has 0 radical (unpaired) electrons. The van der Waals surface area contributed by atoms with Gasteiger partial charge in [0, 0.05) is 0 Å². The first kappa shape index (κ1) is 25.7. The number of hydrogen-bond donors (Lipinski definition) is 2. The largest absolute Gasteiger partial charge is 0.480 e. The molecule has 3 N–H and O–H groups in total. The van der Waals surface area contributed by atoms with Crippen LogP contribution in [-0.2, 0) is 14.4 Å². The van der Waals surface area contributed by atoms with Crippen LogP contribution in [0.5, 0.6) is 0 Å². The Balaban J connectivity index is 0. The van der Waals surface area contributed by atoms with E-state index in [0.717, 1.165) is 0 Å². The number of carboxylic acids is 1. The first-order valence-corrected chi connectivity index (χ1v) is 8.17. The average Bonchev–Trinajstić information content (AvgIpc) is 2.63. The summed E-state index contributed by atoms with van der Waals surface area (Å²) in [6.07, 6.45) is 7.16. The van der Waals surface area contributed by atoms with Crippen LogP contribution in [0, 0.1) is 0 Å². The highest BCUT2D eigenvalue weighted by atomic mass is 19.1. The number of carboxylic acid groups (broad SMARTS) is 1. The molecule has 5 nitrogen and oxygen atoms in total. The zero-order chi connectivity index (χ0) is 20.4. The molecule has 0 aliphatic rings. The lowest BCUT2D eigenvalue weighted by atomic mass is 9.95. The molecule has 1 atom stereocenters. The summed E-state index contributed by atoms with van der Waals surface area (Å²) in [4.78, 5) is 30.9. The molecule has 146 valence electrons. The number of Topliss-reactive ketones (excluding diaryl/α,β-unsaturated/α-hetero) is 1. The standard InChI is InChI=1S/C10H9FO3.C7H14.C2H4FNO/c11-6-8(12)9(10(13)14)7-4-2-1-3-5-7;1-3-5-7-6-4-2;3-1-2(4)5/h1-5,9H,6H2,(H,13,14);3H,1,4-7H2,2H3;1H2,(H2,4,5). The highest BCUT2D eigenvalue weighted by Crippen LogP contribution is 2.17. The minimum Gasteiger partial charge on any atom is -0.480 e. The molecule has 1 amide bonds. The number of primary amides is 1. The summed E-state index contributed by atoms with van der Waals surface area (Å²) in [5, 5.41) is 8.74. The van der Waals surface area contributed by atoms with Gasteiger partial charge in [-0.25, -0.2) is 8.78 Å². The summed E-state index contributed by atoms with van der Waals surface area (Å²) >= 11 is 0. The number of hydrogen-bond acceptors (Lipinski definition) is 3. The van der Waals surface area contributed by atoms with Crippen molar-refractivity contribution in [2.45, 2.75) is 38.5 Å². The molecule has 26 heavy (non-hydrogen) atoms. The summed E-state index contributed by atoms with van der Waals surface area (Å²) in [6, 6.07) is 7.90. The second-order valence-electron chi connectivity index (χ2n) is 5.17. The number of unbranched alkanes of at least 4 members (excludes halogenated alkanes) is 3. The first-order chi connectivity index (χ1) is 12.3. The SMILES string of the molecule is C=CCCCCC.NC(=O)CF.O=C(O)C(C(=O)CF)c1ccccc1. The molecule has 0 saturated heterocycles. The number of allylic oxidation sites excluding steroid dienone is 1. The quantitative estimate of drug-likeness (QED) is 0.394. The van der Waals surface area contributed by atoms with Gasteiger partial charge in [-0.2, -0.15) is 0 Å². The van der Waals surface area contributed by atoms with Gasteiger partial charge < -0.3 is 10.8 Å². The van der Waals surface area contributed by atoms with E-state index in [1.807, 2.05) is 6.08 Å². The zero-order valence-corrected chi connectivity index (χ0v) is 15.0. The molecule has 1 rings (SSSR count). The number of amides is 1. The van der Waals surface area contributed by atoms with Crippen molar-refractivity contribution in [2.24, 2.45) is 5.73 Å². The van der Waals surface area contributed by atoms with Crippen LogP contribution in [0.2, 0.25) is 0 Å². The Morgan fingerprint density at radius 3 is 2.04 bits per heavy atom. The number of carbonyl (C=O) groups excluding carboxylic acids is 2. The molecule has 0 aromatic heterocycles. The normalized spacial score (nSPS) is 10.3. The molecule has 0 heterocycles. The van der Waals surface area contributed by atoms with Gasteiger partial charge in [0.25, 0.3) is 0 Å². The number of rotatable bonds is 9. The Kier molecular flexibility index (Phi) is 17.0. The van der Waals surface area contributed by atoms with Gasteiger partial charge >= 0.3 is 5.97 Å². The van der Waals surface area contributed by atoms with Gasteiger partial charge in [0.1, 0.15) is 12.6 Å². The fourth-order valence-corrected chi connectivity index (χ4v) is 1.73. The van der Waals surface area contributed by atoms with Crippen LogP contribution in [0.25, 0.3) is 0 Å². The summed E-state index contributed by atoms with van der Waals surface area (Å²) in [6.45, 7) is 3.53. The Labute approximate surface area is 152 Å². The molecule has 0 bridgehead atoms. The van der Waals surface area contributed by atoms with Crippen LogP contribution in [-0.4, -0.2) is 36.1 Å². The van der Waals surface area contributed by atoms with E-state index >= 15 is 0 Å². The molecular weight excluding hydrogens is 344 g/mol. The van der Waals surface area contributed by atoms with Crippen molar-refractivity contribution in [3.8, 4) is 0 Å². The minimum absolute atomic E-state index is 0.308. The maximum absolute atomic E-state index is 12.1. The van der Waals surface area contributed by atoms with E-state index in [2.05, 4.69) is 19.2 Å². The molecular formula is C19H27F2NO4. The van der Waals surface area contributed by atoms with Crippen molar-refractivity contribution in [3.05, 3.63) is 48.6 Å². The first-order valence-electron chi connectivity index (χ1n) is 8.17. The average molecular weight is 371 g/mol. The molecule has 0 aliphatic heterocycles. The van der Waals surface area contributed by atoms with Gasteiger partial charge in [0.2, 0.25) is 5.91 Å². The molecule has 1 aromatic carbocycles. The zero-order valence-electron chi connectivity index (χ0n) is 15.0. The van der Waals surface area contributed by atoms with Gasteiger partial charge in [-0.05, 0) is 18.4 Å². The van der Waals surface area contributed by atoms with E-state index in [9.17, 15) is 23.2 Å². The molecule has 0 spiro atoms. The third-order valence-corrected chi connectivity index (χ3v) is 2.98. The summed E-state index contributed by atoms with van der Waals surface area (Å²) < 4.78 is 22.7. The lowest BCUT2D eigenvalue weighted by Crippen LogP contribution is -2.22. The highest BCUT2D eigenvalue weighted by Gasteiger charge is 2.27. The van der Waals surface area contributed by atoms with Crippen LogP contribution < -0.4 is 5.73 Å². The number of halogens is 2. The van der Waals surface area contributed by atoms with Crippen molar-refractivity contribution in [1.29, 1.82) is 0 Å². The minimum atomic E-state index is -1.39. The predicted molar refractivity (Wildman–Crippen MR) is 97.3 cm³/mol. The number of aliphatic carboxylic acids is 1. The Bertz CT molecular complexity index is 536. The van der Waals surface area contributed by atoms with E-state index < -0.39 is 36.9 Å². The fourth-order valence-electron chi connectivity index (χ4n) is 1.73. The number of nitrogens with two attached hydrogens (primary N) is 1. The Morgan fingerprint density at radius 2 is 1.69 bits per heavy atom.